The van der Waals surface area contributed by atoms with Crippen molar-refractivity contribution in [1.29, 1.82) is 0 Å². The van der Waals surface area contributed by atoms with Gasteiger partial charge < -0.3 is 10.1 Å². The number of anilines is 2. The standard InChI is InChI=1S/C22H26N4O2/c1-15-9-11-17(12-10-15)26-20(14-19(25-26)22(2,3)4)24-21(27)23-16-7-6-8-18(13-16)28-5/h6-14H,1-5H3,(H2,23,24,27). The van der Waals surface area contributed by atoms with Crippen LogP contribution in [-0.4, -0.2) is 22.9 Å². The first-order chi connectivity index (χ1) is 13.3. The van der Waals surface area contributed by atoms with Gasteiger partial charge in [0, 0.05) is 23.2 Å². The number of hydrogen-bond acceptors (Lipinski definition) is 3. The summed E-state index contributed by atoms with van der Waals surface area (Å²) in [5.74, 6) is 1.28. The third-order valence-electron chi connectivity index (χ3n) is 4.33. The SMILES string of the molecule is COc1cccc(NC(=O)Nc2cc(C(C)(C)C)nn2-c2ccc(C)cc2)c1. The molecule has 0 fully saturated rings. The fraction of sp³-hybridized carbons (Fsp3) is 0.273. The van der Waals surface area contributed by atoms with Crippen molar-refractivity contribution in [3.05, 3.63) is 65.9 Å². The molecule has 0 bridgehead atoms. The van der Waals surface area contributed by atoms with Crippen molar-refractivity contribution in [2.75, 3.05) is 17.7 Å². The lowest BCUT2D eigenvalue weighted by Crippen LogP contribution is -2.21. The van der Waals surface area contributed by atoms with Gasteiger partial charge in [-0.2, -0.15) is 5.10 Å². The molecule has 1 heterocycles. The summed E-state index contributed by atoms with van der Waals surface area (Å²) in [6.07, 6.45) is 0. The molecule has 0 atom stereocenters. The average molecular weight is 378 g/mol. The third-order valence-corrected chi connectivity index (χ3v) is 4.33. The number of hydrogen-bond donors (Lipinski definition) is 2. The lowest BCUT2D eigenvalue weighted by Gasteiger charge is -2.14. The molecule has 0 aliphatic rings. The quantitative estimate of drug-likeness (QED) is 0.661. The molecular formula is C22H26N4O2. The van der Waals surface area contributed by atoms with Crippen molar-refractivity contribution in [1.82, 2.24) is 9.78 Å². The number of ether oxygens (including phenoxy) is 1. The number of amides is 2. The molecule has 0 radical (unpaired) electrons. The Morgan fingerprint density at radius 3 is 2.39 bits per heavy atom. The van der Waals surface area contributed by atoms with Gasteiger partial charge in [-0.15, -0.1) is 0 Å². The smallest absolute Gasteiger partial charge is 0.324 e. The van der Waals surface area contributed by atoms with Gasteiger partial charge in [-0.3, -0.25) is 5.32 Å². The second kappa shape index (κ2) is 7.76. The molecule has 0 saturated heterocycles. The van der Waals surface area contributed by atoms with Gasteiger partial charge in [0.25, 0.3) is 0 Å². The summed E-state index contributed by atoms with van der Waals surface area (Å²) < 4.78 is 6.95. The number of aromatic nitrogens is 2. The van der Waals surface area contributed by atoms with Gasteiger partial charge in [0.05, 0.1) is 18.5 Å². The van der Waals surface area contributed by atoms with Crippen molar-refractivity contribution in [2.24, 2.45) is 0 Å². The van der Waals surface area contributed by atoms with Gasteiger partial charge in [0.15, 0.2) is 0 Å². The Balaban J connectivity index is 1.88. The Morgan fingerprint density at radius 1 is 1.04 bits per heavy atom. The molecule has 28 heavy (non-hydrogen) atoms. The van der Waals surface area contributed by atoms with Gasteiger partial charge in [0.1, 0.15) is 11.6 Å². The highest BCUT2D eigenvalue weighted by Gasteiger charge is 2.21. The van der Waals surface area contributed by atoms with E-state index >= 15 is 0 Å². The van der Waals surface area contributed by atoms with Crippen LogP contribution in [0.15, 0.2) is 54.6 Å². The predicted molar refractivity (Wildman–Crippen MR) is 113 cm³/mol. The number of nitrogens with one attached hydrogen (secondary N) is 2. The van der Waals surface area contributed by atoms with E-state index in [4.69, 9.17) is 9.84 Å². The van der Waals surface area contributed by atoms with Gasteiger partial charge >= 0.3 is 6.03 Å². The number of methoxy groups -OCH3 is 1. The van der Waals surface area contributed by atoms with E-state index in [2.05, 4.69) is 31.4 Å². The van der Waals surface area contributed by atoms with E-state index in [1.54, 1.807) is 23.9 Å². The summed E-state index contributed by atoms with van der Waals surface area (Å²) in [5.41, 5.74) is 3.45. The highest BCUT2D eigenvalue weighted by molar-refractivity contribution is 5.99. The van der Waals surface area contributed by atoms with Gasteiger partial charge in [-0.25, -0.2) is 9.48 Å². The Labute approximate surface area is 165 Å². The van der Waals surface area contributed by atoms with Crippen molar-refractivity contribution in [3.8, 4) is 11.4 Å². The molecule has 2 N–H and O–H groups in total. The zero-order valence-electron chi connectivity index (χ0n) is 16.9. The normalized spacial score (nSPS) is 11.2. The van der Waals surface area contributed by atoms with Gasteiger partial charge in [0.2, 0.25) is 0 Å². The topological polar surface area (TPSA) is 68.2 Å². The van der Waals surface area contributed by atoms with Crippen molar-refractivity contribution in [2.45, 2.75) is 33.1 Å². The number of rotatable bonds is 4. The van der Waals surface area contributed by atoms with E-state index in [0.29, 0.717) is 17.3 Å². The molecule has 6 heteroatoms. The zero-order chi connectivity index (χ0) is 20.3. The molecule has 0 saturated carbocycles. The number of urea groups is 1. The van der Waals surface area contributed by atoms with E-state index < -0.39 is 0 Å². The van der Waals surface area contributed by atoms with Crippen LogP contribution in [-0.2, 0) is 5.41 Å². The fourth-order valence-electron chi connectivity index (χ4n) is 2.70. The van der Waals surface area contributed by atoms with E-state index in [1.165, 1.54) is 0 Å². The highest BCUT2D eigenvalue weighted by Crippen LogP contribution is 2.26. The molecule has 0 aliphatic heterocycles. The lowest BCUT2D eigenvalue weighted by molar-refractivity contribution is 0.262. The minimum atomic E-state index is -0.345. The van der Waals surface area contributed by atoms with Gasteiger partial charge in [-0.1, -0.05) is 44.5 Å². The maximum atomic E-state index is 12.6. The number of carbonyl (C=O) groups is 1. The Morgan fingerprint density at radius 2 is 1.75 bits per heavy atom. The van der Waals surface area contributed by atoms with Crippen molar-refractivity contribution in [3.63, 3.8) is 0 Å². The summed E-state index contributed by atoms with van der Waals surface area (Å²) in [6, 6.07) is 16.8. The first kappa shape index (κ1) is 19.5. The van der Waals surface area contributed by atoms with Crippen LogP contribution in [0.25, 0.3) is 5.69 Å². The van der Waals surface area contributed by atoms with Crippen LogP contribution in [0, 0.1) is 6.92 Å². The second-order valence-corrected chi connectivity index (χ2v) is 7.72. The molecule has 6 nitrogen and oxygen atoms in total. The van der Waals surface area contributed by atoms with E-state index in [9.17, 15) is 4.79 Å². The molecule has 0 aliphatic carbocycles. The Bertz CT molecular complexity index is 969. The van der Waals surface area contributed by atoms with Crippen molar-refractivity contribution < 1.29 is 9.53 Å². The molecule has 2 amide bonds. The van der Waals surface area contributed by atoms with Crippen molar-refractivity contribution >= 4 is 17.5 Å². The Kier molecular flexibility index (Phi) is 5.40. The number of nitrogens with zero attached hydrogens (tertiary/aromatic N) is 2. The second-order valence-electron chi connectivity index (χ2n) is 7.72. The summed E-state index contributed by atoms with van der Waals surface area (Å²) in [7, 11) is 1.59. The maximum Gasteiger partial charge on any atom is 0.324 e. The minimum Gasteiger partial charge on any atom is -0.497 e. The number of aryl methyl sites for hydroxylation is 1. The lowest BCUT2D eigenvalue weighted by atomic mass is 9.92. The van der Waals surface area contributed by atoms with Crippen LogP contribution >= 0.6 is 0 Å². The highest BCUT2D eigenvalue weighted by atomic mass is 16.5. The molecule has 3 aromatic rings. The van der Waals surface area contributed by atoms with E-state index in [0.717, 1.165) is 16.9 Å². The van der Waals surface area contributed by atoms with E-state index in [-0.39, 0.29) is 11.4 Å². The summed E-state index contributed by atoms with van der Waals surface area (Å²) in [4.78, 5) is 12.6. The first-order valence-electron chi connectivity index (χ1n) is 9.16. The molecule has 3 rings (SSSR count). The molecule has 2 aromatic carbocycles. The Hall–Kier alpha value is -3.28. The number of benzene rings is 2. The molecule has 1 aromatic heterocycles. The monoisotopic (exact) mass is 378 g/mol. The molecule has 0 unspecified atom stereocenters. The van der Waals surface area contributed by atoms with Crippen LogP contribution < -0.4 is 15.4 Å². The van der Waals surface area contributed by atoms with Crippen LogP contribution in [0.4, 0.5) is 16.3 Å². The zero-order valence-corrected chi connectivity index (χ0v) is 16.9. The van der Waals surface area contributed by atoms with Crippen LogP contribution in [0.3, 0.4) is 0 Å². The largest absolute Gasteiger partial charge is 0.497 e. The van der Waals surface area contributed by atoms with E-state index in [1.807, 2.05) is 49.4 Å². The molecule has 146 valence electrons. The molecule has 0 spiro atoms. The van der Waals surface area contributed by atoms with Crippen LogP contribution in [0.1, 0.15) is 32.0 Å². The summed E-state index contributed by atoms with van der Waals surface area (Å²) in [5, 5.41) is 10.5. The van der Waals surface area contributed by atoms with Crippen LogP contribution in [0.5, 0.6) is 5.75 Å². The van der Waals surface area contributed by atoms with Crippen LogP contribution in [0.2, 0.25) is 0 Å². The minimum absolute atomic E-state index is 0.143. The maximum absolute atomic E-state index is 12.6. The van der Waals surface area contributed by atoms with Gasteiger partial charge in [-0.05, 0) is 31.2 Å². The summed E-state index contributed by atoms with van der Waals surface area (Å²) in [6.45, 7) is 8.31. The number of carbonyl (C=O) groups excluding carboxylic acids is 1. The third kappa shape index (κ3) is 4.52. The average Bonchev–Trinajstić information content (AvgIpc) is 3.06. The predicted octanol–water partition coefficient (Wildman–Crippen LogP) is 5.13. The summed E-state index contributed by atoms with van der Waals surface area (Å²) >= 11 is 0. The molecular weight excluding hydrogens is 352 g/mol. The fourth-order valence-corrected chi connectivity index (χ4v) is 2.70. The first-order valence-corrected chi connectivity index (χ1v) is 9.16.